The van der Waals surface area contributed by atoms with Crippen LogP contribution in [-0.4, -0.2) is 23.0 Å². The van der Waals surface area contributed by atoms with E-state index in [1.807, 2.05) is 25.1 Å². The molecular formula is C14H18ClN3S. The summed E-state index contributed by atoms with van der Waals surface area (Å²) in [5, 5.41) is 0. The fourth-order valence-corrected chi connectivity index (χ4v) is 3.45. The molecule has 0 aliphatic heterocycles. The Hall–Kier alpha value is -0.940. The van der Waals surface area contributed by atoms with Gasteiger partial charge in [0.25, 0.3) is 0 Å². The van der Waals surface area contributed by atoms with E-state index in [-0.39, 0.29) is 12.1 Å². The molecule has 0 radical (unpaired) electrons. The van der Waals surface area contributed by atoms with Gasteiger partial charge in [0.2, 0.25) is 0 Å². The average molecular weight is 296 g/mol. The molecule has 3 nitrogen and oxygen atoms in total. The van der Waals surface area contributed by atoms with Crippen LogP contribution in [0.25, 0.3) is 0 Å². The first-order valence-electron chi connectivity index (χ1n) is 6.18. The molecule has 0 amide bonds. The van der Waals surface area contributed by atoms with Crippen molar-refractivity contribution in [2.45, 2.75) is 25.6 Å². The normalized spacial score (nSPS) is 14.6. The van der Waals surface area contributed by atoms with E-state index in [9.17, 15) is 0 Å². The largest absolute Gasteiger partial charge is 0.326 e. The van der Waals surface area contributed by atoms with Crippen molar-refractivity contribution >= 4 is 22.9 Å². The second-order valence-corrected chi connectivity index (χ2v) is 6.51. The van der Waals surface area contributed by atoms with Crippen LogP contribution in [0.1, 0.15) is 23.4 Å². The summed E-state index contributed by atoms with van der Waals surface area (Å²) in [7, 11) is 2.09. The molecule has 5 heteroatoms. The van der Waals surface area contributed by atoms with Crippen LogP contribution >= 0.6 is 22.9 Å². The number of halogens is 1. The third-order valence-corrected chi connectivity index (χ3v) is 4.27. The Morgan fingerprint density at radius 2 is 2.00 bits per heavy atom. The molecule has 2 atom stereocenters. The highest BCUT2D eigenvalue weighted by atomic mass is 35.5. The molecule has 0 spiro atoms. The zero-order valence-corrected chi connectivity index (χ0v) is 12.7. The molecule has 19 heavy (non-hydrogen) atoms. The Morgan fingerprint density at radius 3 is 2.53 bits per heavy atom. The van der Waals surface area contributed by atoms with Crippen molar-refractivity contribution < 1.29 is 0 Å². The maximum Gasteiger partial charge on any atom is 0.0931 e. The first kappa shape index (κ1) is 14.5. The molecule has 0 aliphatic carbocycles. The van der Waals surface area contributed by atoms with E-state index in [0.29, 0.717) is 0 Å². The number of thiophene rings is 1. The lowest BCUT2D eigenvalue weighted by atomic mass is 10.0. The van der Waals surface area contributed by atoms with E-state index >= 15 is 0 Å². The van der Waals surface area contributed by atoms with Gasteiger partial charge in [-0.05, 0) is 43.8 Å². The van der Waals surface area contributed by atoms with Gasteiger partial charge in [0.15, 0.2) is 0 Å². The molecule has 2 aromatic rings. The minimum absolute atomic E-state index is 0.0443. The molecule has 0 fully saturated rings. The van der Waals surface area contributed by atoms with Gasteiger partial charge in [-0.2, -0.15) is 0 Å². The molecule has 0 aliphatic rings. The van der Waals surface area contributed by atoms with Crippen molar-refractivity contribution in [3.05, 3.63) is 51.4 Å². The topological polar surface area (TPSA) is 42.1 Å². The SMILES string of the molecule is CC(N)C(c1ccncc1)N(C)Cc1ccc(Cl)s1. The summed E-state index contributed by atoms with van der Waals surface area (Å²) < 4.78 is 0.824. The molecule has 0 saturated heterocycles. The van der Waals surface area contributed by atoms with Gasteiger partial charge in [-0.1, -0.05) is 11.6 Å². The van der Waals surface area contributed by atoms with Gasteiger partial charge in [-0.25, -0.2) is 0 Å². The Bertz CT molecular complexity index is 512. The predicted molar refractivity (Wildman–Crippen MR) is 81.4 cm³/mol. The standard InChI is InChI=1S/C14H18ClN3S/c1-10(16)14(11-5-7-17-8-6-11)18(2)9-12-3-4-13(15)19-12/h3-8,10,14H,9,16H2,1-2H3. The van der Waals surface area contributed by atoms with Gasteiger partial charge in [0, 0.05) is 35.9 Å². The summed E-state index contributed by atoms with van der Waals surface area (Å²) >= 11 is 7.58. The van der Waals surface area contributed by atoms with E-state index in [1.165, 1.54) is 10.4 Å². The van der Waals surface area contributed by atoms with Crippen LogP contribution in [0.2, 0.25) is 4.34 Å². The van der Waals surface area contributed by atoms with Gasteiger partial charge < -0.3 is 5.73 Å². The molecule has 2 heterocycles. The monoisotopic (exact) mass is 295 g/mol. The number of hydrogen-bond acceptors (Lipinski definition) is 4. The van der Waals surface area contributed by atoms with E-state index in [4.69, 9.17) is 17.3 Å². The van der Waals surface area contributed by atoms with Crippen LogP contribution < -0.4 is 5.73 Å². The second kappa shape index (κ2) is 6.48. The molecule has 2 rings (SSSR count). The van der Waals surface area contributed by atoms with Crippen molar-refractivity contribution in [2.75, 3.05) is 7.05 Å². The maximum atomic E-state index is 6.14. The van der Waals surface area contributed by atoms with Crippen LogP contribution in [0.15, 0.2) is 36.7 Å². The smallest absolute Gasteiger partial charge is 0.0931 e. The van der Waals surface area contributed by atoms with Gasteiger partial charge in [0.1, 0.15) is 0 Å². The number of rotatable bonds is 5. The fourth-order valence-electron chi connectivity index (χ4n) is 2.30. The van der Waals surface area contributed by atoms with Crippen molar-refractivity contribution in [3.63, 3.8) is 0 Å². The number of hydrogen-bond donors (Lipinski definition) is 1. The molecule has 0 aromatic carbocycles. The highest BCUT2D eigenvalue weighted by Crippen LogP contribution is 2.27. The second-order valence-electron chi connectivity index (χ2n) is 4.71. The van der Waals surface area contributed by atoms with Gasteiger partial charge >= 0.3 is 0 Å². The lowest BCUT2D eigenvalue weighted by Gasteiger charge is -2.31. The zero-order valence-electron chi connectivity index (χ0n) is 11.1. The molecular weight excluding hydrogens is 278 g/mol. The fraction of sp³-hybridized carbons (Fsp3) is 0.357. The molecule has 0 saturated carbocycles. The summed E-state index contributed by atoms with van der Waals surface area (Å²) in [5.41, 5.74) is 7.33. The lowest BCUT2D eigenvalue weighted by molar-refractivity contribution is 0.212. The van der Waals surface area contributed by atoms with Gasteiger partial charge in [0.05, 0.1) is 4.34 Å². The summed E-state index contributed by atoms with van der Waals surface area (Å²) in [6, 6.07) is 8.25. The minimum Gasteiger partial charge on any atom is -0.326 e. The highest BCUT2D eigenvalue weighted by molar-refractivity contribution is 7.16. The first-order chi connectivity index (χ1) is 9.08. The van der Waals surface area contributed by atoms with E-state index in [0.717, 1.165) is 10.9 Å². The van der Waals surface area contributed by atoms with Crippen LogP contribution in [0.5, 0.6) is 0 Å². The lowest BCUT2D eigenvalue weighted by Crippen LogP contribution is -2.36. The number of likely N-dealkylation sites (N-methyl/N-ethyl adjacent to an activating group) is 1. The molecule has 2 aromatic heterocycles. The van der Waals surface area contributed by atoms with Crippen LogP contribution in [0, 0.1) is 0 Å². The third kappa shape index (κ3) is 3.76. The summed E-state index contributed by atoms with van der Waals surface area (Å²) in [6.07, 6.45) is 3.61. The summed E-state index contributed by atoms with van der Waals surface area (Å²) in [6.45, 7) is 2.87. The van der Waals surface area contributed by atoms with Crippen molar-refractivity contribution in [1.82, 2.24) is 9.88 Å². The van der Waals surface area contributed by atoms with Gasteiger partial charge in [-0.3, -0.25) is 9.88 Å². The van der Waals surface area contributed by atoms with Crippen molar-refractivity contribution in [2.24, 2.45) is 5.73 Å². The maximum absolute atomic E-state index is 6.14. The van der Waals surface area contributed by atoms with Crippen molar-refractivity contribution in [3.8, 4) is 0 Å². The van der Waals surface area contributed by atoms with Crippen LogP contribution in [0.4, 0.5) is 0 Å². The van der Waals surface area contributed by atoms with Gasteiger partial charge in [-0.15, -0.1) is 11.3 Å². The Balaban J connectivity index is 2.15. The minimum atomic E-state index is 0.0443. The molecule has 102 valence electrons. The Morgan fingerprint density at radius 1 is 1.32 bits per heavy atom. The number of aromatic nitrogens is 1. The van der Waals surface area contributed by atoms with E-state index in [1.54, 1.807) is 23.7 Å². The van der Waals surface area contributed by atoms with Crippen LogP contribution in [0.3, 0.4) is 0 Å². The highest BCUT2D eigenvalue weighted by Gasteiger charge is 2.21. The Kier molecular flexibility index (Phi) is 4.93. The average Bonchev–Trinajstić information content (AvgIpc) is 2.75. The molecule has 2 unspecified atom stereocenters. The third-order valence-electron chi connectivity index (χ3n) is 3.05. The summed E-state index contributed by atoms with van der Waals surface area (Å²) in [4.78, 5) is 7.55. The molecule has 2 N–H and O–H groups in total. The number of nitrogens with two attached hydrogens (primary N) is 1. The first-order valence-corrected chi connectivity index (χ1v) is 7.37. The van der Waals surface area contributed by atoms with Crippen LogP contribution in [-0.2, 0) is 6.54 Å². The van der Waals surface area contributed by atoms with E-state index < -0.39 is 0 Å². The number of pyridine rings is 1. The number of nitrogens with zero attached hydrogens (tertiary/aromatic N) is 2. The Labute approximate surface area is 123 Å². The summed E-state index contributed by atoms with van der Waals surface area (Å²) in [5.74, 6) is 0. The molecule has 0 bridgehead atoms. The van der Waals surface area contributed by atoms with Crippen molar-refractivity contribution in [1.29, 1.82) is 0 Å². The van der Waals surface area contributed by atoms with E-state index in [2.05, 4.69) is 23.0 Å². The quantitative estimate of drug-likeness (QED) is 0.920. The predicted octanol–water partition coefficient (Wildman–Crippen LogP) is 3.32. The zero-order chi connectivity index (χ0) is 13.8.